The summed E-state index contributed by atoms with van der Waals surface area (Å²) in [4.78, 5) is 11.6. The van der Waals surface area contributed by atoms with Crippen LogP contribution in [0, 0.1) is 5.92 Å². The van der Waals surface area contributed by atoms with Gasteiger partial charge in [0.25, 0.3) is 0 Å². The van der Waals surface area contributed by atoms with Crippen LogP contribution in [-0.4, -0.2) is 24.2 Å². The monoisotopic (exact) mass is 229 g/mol. The van der Waals surface area contributed by atoms with Crippen molar-refractivity contribution in [3.05, 3.63) is 0 Å². The third-order valence-corrected chi connectivity index (χ3v) is 2.78. The predicted molar refractivity (Wildman–Crippen MR) is 67.4 cm³/mol. The first kappa shape index (κ1) is 15.4. The Morgan fingerprint density at radius 2 is 1.75 bits per heavy atom. The van der Waals surface area contributed by atoms with Crippen LogP contribution in [-0.2, 0) is 9.53 Å². The van der Waals surface area contributed by atoms with Crippen LogP contribution in [0.25, 0.3) is 0 Å². The summed E-state index contributed by atoms with van der Waals surface area (Å²) < 4.78 is 5.43. The second kappa shape index (κ2) is 6.89. The predicted octanol–water partition coefficient (Wildman–Crippen LogP) is 2.74. The minimum atomic E-state index is -0.254. The first-order valence-corrected chi connectivity index (χ1v) is 6.23. The second-order valence-corrected chi connectivity index (χ2v) is 5.33. The molecule has 0 aliphatic heterocycles. The van der Waals surface area contributed by atoms with Crippen LogP contribution in [0.5, 0.6) is 0 Å². The Labute approximate surface area is 99.9 Å². The maximum Gasteiger partial charge on any atom is 0.246 e. The molecule has 0 rings (SSSR count). The molecule has 0 saturated carbocycles. The van der Waals surface area contributed by atoms with E-state index >= 15 is 0 Å². The minimum Gasteiger partial charge on any atom is -0.366 e. The van der Waals surface area contributed by atoms with Crippen LogP contribution in [0.1, 0.15) is 54.4 Å². The van der Waals surface area contributed by atoms with Gasteiger partial charge < -0.3 is 10.1 Å². The van der Waals surface area contributed by atoms with Gasteiger partial charge in [0.2, 0.25) is 5.91 Å². The lowest BCUT2D eigenvalue weighted by molar-refractivity contribution is -0.131. The van der Waals surface area contributed by atoms with Crippen molar-refractivity contribution in [1.29, 1.82) is 0 Å². The molecule has 0 aromatic rings. The molecular formula is C13H27NO2. The summed E-state index contributed by atoms with van der Waals surface area (Å²) in [6, 6.07) is 0.228. The second-order valence-electron chi connectivity index (χ2n) is 5.33. The van der Waals surface area contributed by atoms with E-state index in [0.29, 0.717) is 5.92 Å². The number of hydrogen-bond donors (Lipinski definition) is 1. The van der Waals surface area contributed by atoms with E-state index in [-0.39, 0.29) is 24.2 Å². The van der Waals surface area contributed by atoms with Crippen molar-refractivity contribution in [2.24, 2.45) is 5.92 Å². The maximum absolute atomic E-state index is 11.6. The molecule has 1 unspecified atom stereocenters. The Morgan fingerprint density at radius 1 is 1.25 bits per heavy atom. The fourth-order valence-electron chi connectivity index (χ4n) is 1.69. The van der Waals surface area contributed by atoms with E-state index in [2.05, 4.69) is 26.1 Å². The molecule has 1 N–H and O–H groups in total. The van der Waals surface area contributed by atoms with Crippen LogP contribution in [0.4, 0.5) is 0 Å². The SMILES string of the molecule is CCC(CC)C(C)NC(=O)COC(C)(C)C. The number of ether oxygens (including phenoxy) is 1. The molecule has 96 valence electrons. The smallest absolute Gasteiger partial charge is 0.246 e. The third-order valence-electron chi connectivity index (χ3n) is 2.78. The Kier molecular flexibility index (Phi) is 6.65. The zero-order valence-corrected chi connectivity index (χ0v) is 11.6. The summed E-state index contributed by atoms with van der Waals surface area (Å²) in [6.45, 7) is 12.4. The van der Waals surface area contributed by atoms with Crippen molar-refractivity contribution in [3.8, 4) is 0 Å². The number of hydrogen-bond acceptors (Lipinski definition) is 2. The highest BCUT2D eigenvalue weighted by molar-refractivity contribution is 5.77. The van der Waals surface area contributed by atoms with Gasteiger partial charge in [0.05, 0.1) is 5.60 Å². The van der Waals surface area contributed by atoms with Crippen LogP contribution in [0.15, 0.2) is 0 Å². The first-order valence-electron chi connectivity index (χ1n) is 6.23. The Bertz CT molecular complexity index is 204. The van der Waals surface area contributed by atoms with Gasteiger partial charge in [0, 0.05) is 6.04 Å². The average Bonchev–Trinajstić information content (AvgIpc) is 2.15. The van der Waals surface area contributed by atoms with E-state index in [1.807, 2.05) is 20.8 Å². The van der Waals surface area contributed by atoms with E-state index < -0.39 is 0 Å². The fraction of sp³-hybridized carbons (Fsp3) is 0.923. The highest BCUT2D eigenvalue weighted by atomic mass is 16.5. The lowest BCUT2D eigenvalue weighted by Gasteiger charge is -2.24. The fourth-order valence-corrected chi connectivity index (χ4v) is 1.69. The van der Waals surface area contributed by atoms with Crippen LogP contribution >= 0.6 is 0 Å². The summed E-state index contributed by atoms with van der Waals surface area (Å²) >= 11 is 0. The zero-order chi connectivity index (χ0) is 12.8. The zero-order valence-electron chi connectivity index (χ0n) is 11.6. The van der Waals surface area contributed by atoms with Gasteiger partial charge in [-0.25, -0.2) is 0 Å². The quantitative estimate of drug-likeness (QED) is 0.760. The molecule has 0 aromatic carbocycles. The van der Waals surface area contributed by atoms with Crippen molar-refractivity contribution in [3.63, 3.8) is 0 Å². The molecule has 3 nitrogen and oxygen atoms in total. The van der Waals surface area contributed by atoms with Gasteiger partial charge in [0.1, 0.15) is 6.61 Å². The summed E-state index contributed by atoms with van der Waals surface area (Å²) in [5, 5.41) is 2.99. The van der Waals surface area contributed by atoms with Gasteiger partial charge in [-0.15, -0.1) is 0 Å². The van der Waals surface area contributed by atoms with Crippen LogP contribution in [0.3, 0.4) is 0 Å². The Hall–Kier alpha value is -0.570. The van der Waals surface area contributed by atoms with Crippen molar-refractivity contribution < 1.29 is 9.53 Å². The number of carbonyl (C=O) groups is 1. The van der Waals surface area contributed by atoms with E-state index in [9.17, 15) is 4.79 Å². The number of amides is 1. The molecular weight excluding hydrogens is 202 g/mol. The largest absolute Gasteiger partial charge is 0.366 e. The van der Waals surface area contributed by atoms with Crippen molar-refractivity contribution in [1.82, 2.24) is 5.32 Å². The Balaban J connectivity index is 3.95. The van der Waals surface area contributed by atoms with Gasteiger partial charge >= 0.3 is 0 Å². The van der Waals surface area contributed by atoms with Crippen molar-refractivity contribution in [2.75, 3.05) is 6.61 Å². The molecule has 0 heterocycles. The summed E-state index contributed by atoms with van der Waals surface area (Å²) in [7, 11) is 0. The van der Waals surface area contributed by atoms with Crippen molar-refractivity contribution >= 4 is 5.91 Å². The molecule has 0 aliphatic rings. The molecule has 0 bridgehead atoms. The molecule has 0 saturated heterocycles. The van der Waals surface area contributed by atoms with Gasteiger partial charge in [-0.1, -0.05) is 26.7 Å². The third kappa shape index (κ3) is 6.83. The molecule has 1 atom stereocenters. The molecule has 0 spiro atoms. The summed E-state index contributed by atoms with van der Waals surface area (Å²) in [5.74, 6) is 0.535. The van der Waals surface area contributed by atoms with Crippen LogP contribution in [0.2, 0.25) is 0 Å². The first-order chi connectivity index (χ1) is 7.30. The summed E-state index contributed by atoms with van der Waals surface area (Å²) in [6.07, 6.45) is 2.19. The maximum atomic E-state index is 11.6. The number of carbonyl (C=O) groups excluding carboxylic acids is 1. The normalized spacial score (nSPS) is 13.9. The lowest BCUT2D eigenvalue weighted by Crippen LogP contribution is -2.41. The minimum absolute atomic E-state index is 0.0191. The standard InChI is InChI=1S/C13H27NO2/c1-7-11(8-2)10(3)14-12(15)9-16-13(4,5)6/h10-11H,7-9H2,1-6H3,(H,14,15). The molecule has 0 radical (unpaired) electrons. The molecule has 0 fully saturated rings. The molecule has 0 aliphatic carbocycles. The highest BCUT2D eigenvalue weighted by Crippen LogP contribution is 2.12. The topological polar surface area (TPSA) is 38.3 Å². The van der Waals surface area contributed by atoms with Gasteiger partial charge in [-0.05, 0) is 33.6 Å². The average molecular weight is 229 g/mol. The Morgan fingerprint density at radius 3 is 2.12 bits per heavy atom. The molecule has 1 amide bonds. The van der Waals surface area contributed by atoms with E-state index in [0.717, 1.165) is 12.8 Å². The van der Waals surface area contributed by atoms with Gasteiger partial charge in [-0.2, -0.15) is 0 Å². The molecule has 3 heteroatoms. The van der Waals surface area contributed by atoms with E-state index in [4.69, 9.17) is 4.74 Å². The van der Waals surface area contributed by atoms with Gasteiger partial charge in [-0.3, -0.25) is 4.79 Å². The summed E-state index contributed by atoms with van der Waals surface area (Å²) in [5.41, 5.74) is -0.254. The highest BCUT2D eigenvalue weighted by Gasteiger charge is 2.17. The van der Waals surface area contributed by atoms with E-state index in [1.54, 1.807) is 0 Å². The number of rotatable bonds is 6. The molecule has 16 heavy (non-hydrogen) atoms. The lowest BCUT2D eigenvalue weighted by atomic mass is 9.95. The molecule has 0 aromatic heterocycles. The van der Waals surface area contributed by atoms with E-state index in [1.165, 1.54) is 0 Å². The van der Waals surface area contributed by atoms with Crippen molar-refractivity contribution in [2.45, 2.75) is 66.0 Å². The number of nitrogens with one attached hydrogen (secondary N) is 1. The van der Waals surface area contributed by atoms with Gasteiger partial charge in [0.15, 0.2) is 0 Å². The van der Waals surface area contributed by atoms with Crippen LogP contribution < -0.4 is 5.32 Å².